The van der Waals surface area contributed by atoms with E-state index in [1.54, 1.807) is 12.4 Å². The molecule has 11 aromatic rings. The molecule has 4 aliphatic rings. The van der Waals surface area contributed by atoms with Crippen LogP contribution in [0.3, 0.4) is 0 Å². The van der Waals surface area contributed by atoms with Crippen LogP contribution >= 0.6 is 0 Å². The predicted octanol–water partition coefficient (Wildman–Crippen LogP) is 9.04. The number of anilines is 2. The molecule has 0 radical (unpaired) electrons. The number of nitrogen functional groups attached to an aromatic ring is 2. The fraction of sp³-hybridized carbons (Fsp3) is 0.281. The maximum absolute atomic E-state index is 11.1. The molecule has 2 aliphatic heterocycles. The minimum atomic E-state index is 0.336. The molecule has 412 valence electrons. The number of imidazole rings is 4. The van der Waals surface area contributed by atoms with E-state index in [9.17, 15) is 9.59 Å². The van der Waals surface area contributed by atoms with Crippen LogP contribution in [0.15, 0.2) is 152 Å². The lowest BCUT2D eigenvalue weighted by Gasteiger charge is -2.45. The summed E-state index contributed by atoms with van der Waals surface area (Å²) in [5, 5.41) is 0. The van der Waals surface area contributed by atoms with Gasteiger partial charge in [0.1, 0.15) is 57.4 Å². The van der Waals surface area contributed by atoms with Crippen LogP contribution in [-0.4, -0.2) is 145 Å². The second-order valence-corrected chi connectivity index (χ2v) is 22.1. The van der Waals surface area contributed by atoms with Crippen LogP contribution in [0.1, 0.15) is 56.1 Å². The highest BCUT2D eigenvalue weighted by molar-refractivity contribution is 5.93. The standard InChI is InChI=1S/C34H32N8O.C30H32N8O/c35-32-31-30(38-33(41(31)14-13-36-32)25-19-27(20-25)40-17-15-39(22-43)16-18-40)24-11-12-29-28(21-24)37-34(23-7-3-1-4-8-23)42(29)26-9-5-2-6-10-26;1-2-37-25-9-8-21(18-24(25)33-29(37)20-6-4-3-5-7-20)26-27-28(31)32-10-11-38(27)30(34-26)22-16-23(17-22)36-14-12-35(19-39)13-15-36/h1-14,21-22,25,27H,15-20H2,(H2,35,36);3-11,18-19,22-23H,2,12-17H2,1H3,(H2,31,32). The van der Waals surface area contributed by atoms with Gasteiger partial charge in [-0.3, -0.25) is 32.8 Å². The van der Waals surface area contributed by atoms with E-state index in [4.69, 9.17) is 31.4 Å². The van der Waals surface area contributed by atoms with Gasteiger partial charge in [0.15, 0.2) is 0 Å². The number of nitrogens with zero attached hydrogens (tertiary/aromatic N) is 14. The molecule has 5 aromatic carbocycles. The lowest BCUT2D eigenvalue weighted by atomic mass is 9.78. The summed E-state index contributed by atoms with van der Waals surface area (Å²) >= 11 is 0. The van der Waals surface area contributed by atoms with Crippen LogP contribution in [0.4, 0.5) is 11.6 Å². The average Bonchev–Trinajstić information content (AvgIpc) is 2.95. The van der Waals surface area contributed by atoms with Gasteiger partial charge in [-0.25, -0.2) is 29.9 Å². The molecule has 2 amide bonds. The number of benzene rings is 5. The van der Waals surface area contributed by atoms with E-state index in [1.165, 1.54) is 0 Å². The van der Waals surface area contributed by atoms with Gasteiger partial charge in [0.05, 0.1) is 22.1 Å². The van der Waals surface area contributed by atoms with Crippen molar-refractivity contribution in [1.82, 2.24) is 67.4 Å². The first-order chi connectivity index (χ1) is 40.3. The van der Waals surface area contributed by atoms with Crippen molar-refractivity contribution >= 4 is 57.6 Å². The molecule has 2 aliphatic carbocycles. The first kappa shape index (κ1) is 50.9. The summed E-state index contributed by atoms with van der Waals surface area (Å²) in [4.78, 5) is 60.4. The average molecular weight is 1090 g/mol. The largest absolute Gasteiger partial charge is 0.382 e. The molecular formula is C64H64N16O2. The highest BCUT2D eigenvalue weighted by Crippen LogP contribution is 2.44. The van der Waals surface area contributed by atoms with E-state index in [0.717, 1.165) is 193 Å². The van der Waals surface area contributed by atoms with Gasteiger partial charge in [-0.05, 0) is 69.0 Å². The topological polar surface area (TPSA) is 195 Å². The second-order valence-electron chi connectivity index (χ2n) is 22.1. The van der Waals surface area contributed by atoms with Crippen molar-refractivity contribution in [3.63, 3.8) is 0 Å². The maximum atomic E-state index is 11.1. The Bertz CT molecular complexity index is 4130. The number of para-hydroxylation sites is 1. The first-order valence-electron chi connectivity index (χ1n) is 28.6. The Morgan fingerprint density at radius 2 is 0.939 bits per heavy atom. The molecule has 0 bridgehead atoms. The molecular weight excluding hydrogens is 1020 g/mol. The van der Waals surface area contributed by atoms with Crippen molar-refractivity contribution in [2.24, 2.45) is 0 Å². The Morgan fingerprint density at radius 1 is 0.500 bits per heavy atom. The number of aromatic nitrogens is 10. The van der Waals surface area contributed by atoms with Crippen LogP contribution < -0.4 is 11.5 Å². The number of hydrogen-bond acceptors (Lipinski definition) is 12. The van der Waals surface area contributed by atoms with E-state index >= 15 is 0 Å². The van der Waals surface area contributed by atoms with Gasteiger partial charge in [-0.1, -0.05) is 91.0 Å². The highest BCUT2D eigenvalue weighted by Gasteiger charge is 2.40. The van der Waals surface area contributed by atoms with Crippen molar-refractivity contribution in [2.75, 3.05) is 63.8 Å². The van der Waals surface area contributed by atoms with Crippen LogP contribution in [0, 0.1) is 0 Å². The SMILES string of the molecule is CCn1c(-c2ccccc2)nc2cc(-c3nc(C4CC(N5CCN(C=O)CC5)C4)n4ccnc(N)c34)ccc21.Nc1nccn2c(C3CC(N4CCN(C=O)CC4)C3)nc(-c3ccc4c(c3)nc(-c3ccccc3)n4-c3ccccc3)c12. The van der Waals surface area contributed by atoms with Gasteiger partial charge in [-0.2, -0.15) is 0 Å². The molecule has 2 saturated heterocycles. The van der Waals surface area contributed by atoms with E-state index in [1.807, 2.05) is 64.7 Å². The zero-order valence-corrected chi connectivity index (χ0v) is 45.8. The zero-order chi connectivity index (χ0) is 55.4. The number of amides is 2. The van der Waals surface area contributed by atoms with Crippen molar-refractivity contribution in [2.45, 2.75) is 63.1 Å². The zero-order valence-electron chi connectivity index (χ0n) is 45.8. The van der Waals surface area contributed by atoms with Gasteiger partial charge < -0.3 is 25.8 Å². The molecule has 0 atom stereocenters. The lowest BCUT2D eigenvalue weighted by molar-refractivity contribution is -0.121. The van der Waals surface area contributed by atoms with Crippen LogP contribution in [0.25, 0.3) is 84.1 Å². The number of aryl methyl sites for hydroxylation is 1. The third-order valence-electron chi connectivity index (χ3n) is 17.6. The number of carbonyl (C=O) groups excluding carboxylic acids is 2. The van der Waals surface area contributed by atoms with Crippen molar-refractivity contribution in [1.29, 1.82) is 0 Å². The summed E-state index contributed by atoms with van der Waals surface area (Å²) in [7, 11) is 0. The van der Waals surface area contributed by atoms with Crippen molar-refractivity contribution in [3.05, 3.63) is 164 Å². The maximum Gasteiger partial charge on any atom is 0.209 e. The summed E-state index contributed by atoms with van der Waals surface area (Å²) in [5.74, 6) is 5.58. The predicted molar refractivity (Wildman–Crippen MR) is 320 cm³/mol. The summed E-state index contributed by atoms with van der Waals surface area (Å²) < 4.78 is 8.73. The fourth-order valence-electron chi connectivity index (χ4n) is 13.0. The summed E-state index contributed by atoms with van der Waals surface area (Å²) in [6.45, 7) is 9.96. The molecule has 82 heavy (non-hydrogen) atoms. The Kier molecular flexibility index (Phi) is 13.2. The number of hydrogen-bond donors (Lipinski definition) is 2. The third kappa shape index (κ3) is 9.07. The van der Waals surface area contributed by atoms with E-state index < -0.39 is 0 Å². The van der Waals surface area contributed by atoms with E-state index in [2.05, 4.69) is 130 Å². The molecule has 0 spiro atoms. The monoisotopic (exact) mass is 1090 g/mol. The van der Waals surface area contributed by atoms with Gasteiger partial charge >= 0.3 is 0 Å². The first-order valence-corrected chi connectivity index (χ1v) is 28.6. The van der Waals surface area contributed by atoms with Gasteiger partial charge in [0.2, 0.25) is 12.8 Å². The van der Waals surface area contributed by atoms with E-state index in [0.29, 0.717) is 35.6 Å². The molecule has 0 unspecified atom stereocenters. The highest BCUT2D eigenvalue weighted by atomic mass is 16.1. The minimum absolute atomic E-state index is 0.336. The minimum Gasteiger partial charge on any atom is -0.382 e. The summed E-state index contributed by atoms with van der Waals surface area (Å²) in [6, 6.07) is 44.8. The van der Waals surface area contributed by atoms with Crippen LogP contribution in [0.5, 0.6) is 0 Å². The Hall–Kier alpha value is -9.26. The third-order valence-corrected chi connectivity index (χ3v) is 17.6. The van der Waals surface area contributed by atoms with Gasteiger partial charge in [-0.15, -0.1) is 0 Å². The van der Waals surface area contributed by atoms with Crippen LogP contribution in [0.2, 0.25) is 0 Å². The normalized spacial score (nSPS) is 19.5. The van der Waals surface area contributed by atoms with Crippen LogP contribution in [-0.2, 0) is 16.1 Å². The fourth-order valence-corrected chi connectivity index (χ4v) is 13.0. The number of piperazine rings is 2. The van der Waals surface area contributed by atoms with Gasteiger partial charge in [0, 0.05) is 136 Å². The number of rotatable bonds is 12. The van der Waals surface area contributed by atoms with E-state index in [-0.39, 0.29) is 0 Å². The molecule has 15 rings (SSSR count). The van der Waals surface area contributed by atoms with Gasteiger partial charge in [0.25, 0.3) is 0 Å². The molecule has 2 saturated carbocycles. The molecule has 4 N–H and O–H groups in total. The lowest BCUT2D eigenvalue weighted by Crippen LogP contribution is -2.53. The molecule has 18 heteroatoms. The molecule has 8 heterocycles. The Balaban J connectivity index is 0.000000147. The Morgan fingerprint density at radius 3 is 1.41 bits per heavy atom. The summed E-state index contributed by atoms with van der Waals surface area (Å²) in [5.41, 5.74) is 25.5. The summed E-state index contributed by atoms with van der Waals surface area (Å²) in [6.07, 6.45) is 13.6. The van der Waals surface area contributed by atoms with Crippen molar-refractivity contribution < 1.29 is 9.59 Å². The number of carbonyl (C=O) groups is 2. The van der Waals surface area contributed by atoms with Crippen molar-refractivity contribution in [3.8, 4) is 51.0 Å². The molecule has 18 nitrogen and oxygen atoms in total. The Labute approximate surface area is 474 Å². The molecule has 6 aromatic heterocycles. The quantitative estimate of drug-likeness (QED) is 0.110. The number of fused-ring (bicyclic) bond motifs is 4. The second kappa shape index (κ2) is 21.3. The number of nitrogens with two attached hydrogens (primary N) is 2. The smallest absolute Gasteiger partial charge is 0.209 e. The molecule has 4 fully saturated rings.